The summed E-state index contributed by atoms with van der Waals surface area (Å²) >= 11 is 5.87. The smallest absolute Gasteiger partial charge is 0.319 e. The molecular weight excluding hydrogens is 400 g/mol. The number of nitro groups is 1. The fourth-order valence-corrected chi connectivity index (χ4v) is 3.24. The van der Waals surface area contributed by atoms with Crippen LogP contribution >= 0.6 is 11.6 Å². The number of aryl methyl sites for hydroxylation is 1. The molecule has 1 saturated heterocycles. The van der Waals surface area contributed by atoms with Crippen molar-refractivity contribution in [3.05, 3.63) is 68.7 Å². The monoisotopic (exact) mass is 416 g/mol. The summed E-state index contributed by atoms with van der Waals surface area (Å²) in [4.78, 5) is 49.0. The second-order valence-corrected chi connectivity index (χ2v) is 7.16. The summed E-state index contributed by atoms with van der Waals surface area (Å²) < 4.78 is 0. The molecule has 1 atom stereocenters. The van der Waals surface area contributed by atoms with E-state index in [9.17, 15) is 24.5 Å². The number of nitrogens with one attached hydrogen (secondary N) is 2. The number of anilines is 1. The molecule has 1 fully saturated rings. The molecule has 4 amide bonds. The van der Waals surface area contributed by atoms with E-state index in [4.69, 9.17) is 11.6 Å². The molecule has 1 unspecified atom stereocenters. The molecule has 9 nitrogen and oxygen atoms in total. The average Bonchev–Trinajstić information content (AvgIpc) is 2.87. The van der Waals surface area contributed by atoms with E-state index < -0.39 is 34.9 Å². The van der Waals surface area contributed by atoms with Crippen LogP contribution in [0.5, 0.6) is 0 Å². The maximum atomic E-state index is 12.9. The van der Waals surface area contributed by atoms with Crippen molar-refractivity contribution in [3.8, 4) is 0 Å². The van der Waals surface area contributed by atoms with Crippen LogP contribution in [0.3, 0.4) is 0 Å². The molecule has 0 radical (unpaired) electrons. The zero-order valence-electron chi connectivity index (χ0n) is 15.6. The Hall–Kier alpha value is -3.46. The number of amides is 4. The van der Waals surface area contributed by atoms with Gasteiger partial charge in [-0.2, -0.15) is 0 Å². The van der Waals surface area contributed by atoms with E-state index in [-0.39, 0.29) is 11.4 Å². The van der Waals surface area contributed by atoms with Crippen molar-refractivity contribution in [2.24, 2.45) is 0 Å². The Balaban J connectivity index is 1.80. The van der Waals surface area contributed by atoms with Crippen LogP contribution in [0.2, 0.25) is 5.02 Å². The molecule has 150 valence electrons. The molecule has 2 aromatic rings. The summed E-state index contributed by atoms with van der Waals surface area (Å²) in [6.07, 6.45) is 0. The zero-order valence-corrected chi connectivity index (χ0v) is 16.3. The summed E-state index contributed by atoms with van der Waals surface area (Å²) in [7, 11) is 0. The predicted octanol–water partition coefficient (Wildman–Crippen LogP) is 2.96. The molecule has 1 aliphatic heterocycles. The number of hydrogen-bond donors (Lipinski definition) is 2. The van der Waals surface area contributed by atoms with Crippen molar-refractivity contribution in [1.29, 1.82) is 0 Å². The molecular formula is C19H17ClN4O5. The lowest BCUT2D eigenvalue weighted by Gasteiger charge is -2.22. The van der Waals surface area contributed by atoms with E-state index in [0.717, 1.165) is 4.90 Å². The first kappa shape index (κ1) is 20.3. The van der Waals surface area contributed by atoms with Crippen LogP contribution in [0, 0.1) is 17.0 Å². The minimum atomic E-state index is -1.35. The molecule has 0 bridgehead atoms. The highest BCUT2D eigenvalue weighted by Gasteiger charge is 2.49. The number of benzene rings is 2. The quantitative estimate of drug-likeness (QED) is 0.441. The average molecular weight is 417 g/mol. The fourth-order valence-electron chi connectivity index (χ4n) is 3.11. The van der Waals surface area contributed by atoms with Crippen molar-refractivity contribution in [1.82, 2.24) is 10.2 Å². The van der Waals surface area contributed by atoms with Gasteiger partial charge in [-0.25, -0.2) is 4.79 Å². The molecule has 0 aromatic heterocycles. The van der Waals surface area contributed by atoms with Crippen LogP contribution in [0.1, 0.15) is 18.1 Å². The van der Waals surface area contributed by atoms with Crippen LogP contribution in [0.25, 0.3) is 0 Å². The van der Waals surface area contributed by atoms with Crippen molar-refractivity contribution < 1.29 is 19.3 Å². The van der Waals surface area contributed by atoms with Gasteiger partial charge in [0.1, 0.15) is 17.8 Å². The van der Waals surface area contributed by atoms with E-state index in [1.807, 2.05) is 0 Å². The lowest BCUT2D eigenvalue weighted by atomic mass is 9.92. The van der Waals surface area contributed by atoms with Gasteiger partial charge in [0.25, 0.3) is 11.6 Å². The maximum Gasteiger partial charge on any atom is 0.325 e. The van der Waals surface area contributed by atoms with Crippen molar-refractivity contribution in [2.45, 2.75) is 19.4 Å². The van der Waals surface area contributed by atoms with E-state index in [1.54, 1.807) is 37.3 Å². The minimum Gasteiger partial charge on any atom is -0.319 e. The Morgan fingerprint density at radius 3 is 2.52 bits per heavy atom. The van der Waals surface area contributed by atoms with Gasteiger partial charge in [0.05, 0.1) is 4.92 Å². The first-order valence-corrected chi connectivity index (χ1v) is 8.95. The van der Waals surface area contributed by atoms with E-state index in [0.29, 0.717) is 16.1 Å². The number of imide groups is 1. The first-order valence-electron chi connectivity index (χ1n) is 8.57. The van der Waals surface area contributed by atoms with Gasteiger partial charge in [-0.05, 0) is 37.1 Å². The Labute approximate surface area is 170 Å². The zero-order chi connectivity index (χ0) is 21.3. The van der Waals surface area contributed by atoms with E-state index >= 15 is 0 Å². The molecule has 2 N–H and O–H groups in total. The summed E-state index contributed by atoms with van der Waals surface area (Å²) in [6.45, 7) is 2.55. The summed E-state index contributed by atoms with van der Waals surface area (Å²) in [6, 6.07) is 10.0. The van der Waals surface area contributed by atoms with Gasteiger partial charge in [0.2, 0.25) is 5.91 Å². The van der Waals surface area contributed by atoms with Crippen LogP contribution < -0.4 is 10.6 Å². The van der Waals surface area contributed by atoms with E-state index in [1.165, 1.54) is 19.1 Å². The molecule has 3 rings (SSSR count). The van der Waals surface area contributed by atoms with Gasteiger partial charge in [-0.15, -0.1) is 0 Å². The second kappa shape index (κ2) is 7.51. The number of carbonyl (C=O) groups is 3. The van der Waals surface area contributed by atoms with Gasteiger partial charge < -0.3 is 10.6 Å². The third-order valence-electron chi connectivity index (χ3n) is 4.71. The SMILES string of the molecule is Cc1cccc([N+](=O)[O-])c1NC(=O)CN1C(=O)NC(C)(c2ccc(Cl)cc2)C1=O. The van der Waals surface area contributed by atoms with Crippen LogP contribution in [-0.4, -0.2) is 34.2 Å². The number of nitrogens with zero attached hydrogens (tertiary/aromatic N) is 2. The van der Waals surface area contributed by atoms with Gasteiger partial charge >= 0.3 is 6.03 Å². The highest BCUT2D eigenvalue weighted by molar-refractivity contribution is 6.30. The van der Waals surface area contributed by atoms with Gasteiger partial charge in [0.15, 0.2) is 0 Å². The largest absolute Gasteiger partial charge is 0.325 e. The first-order chi connectivity index (χ1) is 13.6. The molecule has 1 aliphatic rings. The van der Waals surface area contributed by atoms with Crippen LogP contribution in [0.4, 0.5) is 16.2 Å². The Morgan fingerprint density at radius 1 is 1.24 bits per heavy atom. The number of nitro benzene ring substituents is 1. The van der Waals surface area contributed by atoms with Crippen molar-refractivity contribution in [2.75, 3.05) is 11.9 Å². The number of hydrogen-bond acceptors (Lipinski definition) is 5. The minimum absolute atomic E-state index is 0.0232. The standard InChI is InChI=1S/C19H17ClN4O5/c1-11-4-3-5-14(24(28)29)16(11)21-15(25)10-23-17(26)19(2,22-18(23)27)12-6-8-13(20)9-7-12/h3-9H,10H2,1-2H3,(H,21,25)(H,22,27). The second-order valence-electron chi connectivity index (χ2n) is 6.73. The molecule has 0 aliphatic carbocycles. The number of urea groups is 1. The van der Waals surface area contributed by atoms with Crippen LogP contribution in [0.15, 0.2) is 42.5 Å². The lowest BCUT2D eigenvalue weighted by Crippen LogP contribution is -2.42. The molecule has 10 heteroatoms. The predicted molar refractivity (Wildman–Crippen MR) is 106 cm³/mol. The topological polar surface area (TPSA) is 122 Å². The Morgan fingerprint density at radius 2 is 1.90 bits per heavy atom. The Kier molecular flexibility index (Phi) is 5.25. The molecule has 2 aromatic carbocycles. The van der Waals surface area contributed by atoms with Gasteiger partial charge in [0, 0.05) is 11.1 Å². The van der Waals surface area contributed by atoms with Crippen molar-refractivity contribution >= 4 is 40.8 Å². The number of para-hydroxylation sites is 1. The number of rotatable bonds is 5. The third-order valence-corrected chi connectivity index (χ3v) is 4.96. The lowest BCUT2D eigenvalue weighted by molar-refractivity contribution is -0.384. The number of carbonyl (C=O) groups excluding carboxylic acids is 3. The summed E-state index contributed by atoms with van der Waals surface area (Å²) in [5.41, 5.74) is -0.610. The molecule has 1 heterocycles. The molecule has 0 spiro atoms. The normalized spacial score (nSPS) is 18.5. The summed E-state index contributed by atoms with van der Waals surface area (Å²) in [5.74, 6) is -1.34. The van der Waals surface area contributed by atoms with Gasteiger partial charge in [-0.1, -0.05) is 35.9 Å². The number of halogens is 1. The maximum absolute atomic E-state index is 12.9. The summed E-state index contributed by atoms with van der Waals surface area (Å²) in [5, 5.41) is 16.7. The highest BCUT2D eigenvalue weighted by atomic mass is 35.5. The van der Waals surface area contributed by atoms with Crippen molar-refractivity contribution in [3.63, 3.8) is 0 Å². The fraction of sp³-hybridized carbons (Fsp3) is 0.211. The third kappa shape index (κ3) is 3.77. The van der Waals surface area contributed by atoms with E-state index in [2.05, 4.69) is 10.6 Å². The van der Waals surface area contributed by atoms with Crippen LogP contribution in [-0.2, 0) is 15.1 Å². The highest BCUT2D eigenvalue weighted by Crippen LogP contribution is 2.30. The molecule has 29 heavy (non-hydrogen) atoms. The Bertz CT molecular complexity index is 1020. The van der Waals surface area contributed by atoms with Gasteiger partial charge in [-0.3, -0.25) is 24.6 Å². The molecule has 0 saturated carbocycles.